The molecule has 4 rings (SSSR count). The number of esters is 1. The van der Waals surface area contributed by atoms with Crippen LogP contribution in [0.5, 0.6) is 5.75 Å². The van der Waals surface area contributed by atoms with Crippen molar-refractivity contribution in [1.29, 1.82) is 0 Å². The van der Waals surface area contributed by atoms with Crippen LogP contribution in [0.3, 0.4) is 0 Å². The van der Waals surface area contributed by atoms with Gasteiger partial charge in [-0.1, -0.05) is 12.1 Å². The standard InChI is InChI=1S/C15H13N3O4/c1-17-7-5-9(6-8-17)13-16-12-10-3-2-4-11(12)21-14(19)15(20)22-18(10)13/h2-5H,6-8H2,1H3. The summed E-state index contributed by atoms with van der Waals surface area (Å²) in [6.07, 6.45) is 2.84. The summed E-state index contributed by atoms with van der Waals surface area (Å²) in [5.41, 5.74) is 2.11. The highest BCUT2D eigenvalue weighted by Crippen LogP contribution is 2.31. The van der Waals surface area contributed by atoms with Gasteiger partial charge in [-0.2, -0.15) is 4.73 Å². The third-order valence-corrected chi connectivity index (χ3v) is 3.85. The van der Waals surface area contributed by atoms with E-state index in [2.05, 4.69) is 16.0 Å². The van der Waals surface area contributed by atoms with Gasteiger partial charge in [-0.25, -0.2) is 14.6 Å². The molecule has 0 saturated heterocycles. The number of aromatic nitrogens is 2. The second kappa shape index (κ2) is 4.67. The number of benzene rings is 1. The van der Waals surface area contributed by atoms with Crippen molar-refractivity contribution in [3.63, 3.8) is 0 Å². The Morgan fingerprint density at radius 1 is 1.23 bits per heavy atom. The molecule has 112 valence electrons. The lowest BCUT2D eigenvalue weighted by Crippen LogP contribution is -2.32. The zero-order valence-corrected chi connectivity index (χ0v) is 11.9. The van der Waals surface area contributed by atoms with Gasteiger partial charge in [0.1, 0.15) is 11.0 Å². The van der Waals surface area contributed by atoms with E-state index >= 15 is 0 Å². The van der Waals surface area contributed by atoms with E-state index in [1.165, 1.54) is 4.73 Å². The number of nitrogens with zero attached hydrogens (tertiary/aromatic N) is 3. The summed E-state index contributed by atoms with van der Waals surface area (Å²) in [4.78, 5) is 35.3. The third kappa shape index (κ3) is 1.90. The fraction of sp³-hybridized carbons (Fsp3) is 0.267. The third-order valence-electron chi connectivity index (χ3n) is 3.85. The van der Waals surface area contributed by atoms with E-state index in [1.54, 1.807) is 18.2 Å². The molecule has 0 fully saturated rings. The van der Waals surface area contributed by atoms with Crippen LogP contribution in [-0.2, 0) is 9.59 Å². The Morgan fingerprint density at radius 3 is 2.86 bits per heavy atom. The number of carbonyl (C=O) groups is 2. The van der Waals surface area contributed by atoms with E-state index < -0.39 is 11.9 Å². The molecule has 0 amide bonds. The summed E-state index contributed by atoms with van der Waals surface area (Å²) >= 11 is 0. The minimum Gasteiger partial charge on any atom is -0.416 e. The Morgan fingerprint density at radius 2 is 2.09 bits per heavy atom. The van der Waals surface area contributed by atoms with Gasteiger partial charge < -0.3 is 14.5 Å². The number of para-hydroxylation sites is 1. The van der Waals surface area contributed by atoms with Crippen LogP contribution in [0.15, 0.2) is 24.3 Å². The molecule has 0 atom stereocenters. The van der Waals surface area contributed by atoms with Gasteiger partial charge in [0.15, 0.2) is 11.6 Å². The predicted octanol–water partition coefficient (Wildman–Crippen LogP) is 0.629. The molecule has 1 aromatic heterocycles. The second-order valence-corrected chi connectivity index (χ2v) is 5.36. The van der Waals surface area contributed by atoms with Gasteiger partial charge in [-0.3, -0.25) is 0 Å². The number of hydrogen-bond acceptors (Lipinski definition) is 6. The molecule has 0 unspecified atom stereocenters. The average Bonchev–Trinajstić information content (AvgIpc) is 2.89. The molecule has 3 heterocycles. The Hall–Kier alpha value is -2.67. The molecule has 22 heavy (non-hydrogen) atoms. The summed E-state index contributed by atoms with van der Waals surface area (Å²) < 4.78 is 6.37. The summed E-state index contributed by atoms with van der Waals surface area (Å²) in [5.74, 6) is -1.28. The van der Waals surface area contributed by atoms with E-state index in [-0.39, 0.29) is 5.75 Å². The van der Waals surface area contributed by atoms with Crippen LogP contribution in [0.2, 0.25) is 0 Å². The lowest BCUT2D eigenvalue weighted by atomic mass is 10.1. The maximum absolute atomic E-state index is 11.8. The number of carbonyl (C=O) groups excluding carboxylic acids is 2. The first kappa shape index (κ1) is 13.0. The first-order valence-electron chi connectivity index (χ1n) is 6.97. The highest BCUT2D eigenvalue weighted by molar-refractivity contribution is 6.31. The quantitative estimate of drug-likeness (QED) is 0.437. The van der Waals surface area contributed by atoms with E-state index in [0.29, 0.717) is 16.9 Å². The van der Waals surface area contributed by atoms with Gasteiger partial charge in [0.2, 0.25) is 0 Å². The summed E-state index contributed by atoms with van der Waals surface area (Å²) in [6, 6.07) is 5.12. The van der Waals surface area contributed by atoms with Gasteiger partial charge >= 0.3 is 11.9 Å². The van der Waals surface area contributed by atoms with Crippen LogP contribution < -0.4 is 9.57 Å². The van der Waals surface area contributed by atoms with E-state index in [1.807, 2.05) is 7.05 Å². The van der Waals surface area contributed by atoms with Crippen LogP contribution in [0, 0.1) is 0 Å². The molecule has 1 aromatic carbocycles. The van der Waals surface area contributed by atoms with Gasteiger partial charge in [0, 0.05) is 13.1 Å². The summed E-state index contributed by atoms with van der Waals surface area (Å²) in [5, 5.41) is 0. The number of ether oxygens (including phenoxy) is 1. The van der Waals surface area contributed by atoms with Crippen LogP contribution in [0.1, 0.15) is 12.2 Å². The highest BCUT2D eigenvalue weighted by atomic mass is 16.7. The lowest BCUT2D eigenvalue weighted by Gasteiger charge is -2.21. The van der Waals surface area contributed by atoms with Gasteiger partial charge in [0.05, 0.1) is 0 Å². The minimum atomic E-state index is -1.05. The predicted molar refractivity (Wildman–Crippen MR) is 77.0 cm³/mol. The zero-order chi connectivity index (χ0) is 15.3. The molecule has 0 saturated carbocycles. The van der Waals surface area contributed by atoms with Crippen LogP contribution in [-0.4, -0.2) is 46.7 Å². The molecule has 0 aliphatic carbocycles. The number of imidazole rings is 1. The maximum atomic E-state index is 11.8. The van der Waals surface area contributed by atoms with Crippen LogP contribution >= 0.6 is 0 Å². The van der Waals surface area contributed by atoms with Crippen molar-refractivity contribution in [1.82, 2.24) is 14.6 Å². The Kier molecular flexibility index (Phi) is 2.77. The molecule has 2 aliphatic rings. The molecule has 0 radical (unpaired) electrons. The Labute approximate surface area is 125 Å². The molecular formula is C15H13N3O4. The molecule has 0 N–H and O–H groups in total. The van der Waals surface area contributed by atoms with Crippen molar-refractivity contribution in [2.75, 3.05) is 20.1 Å². The van der Waals surface area contributed by atoms with E-state index in [0.717, 1.165) is 25.1 Å². The lowest BCUT2D eigenvalue weighted by molar-refractivity contribution is -0.162. The van der Waals surface area contributed by atoms with Crippen molar-refractivity contribution in [2.45, 2.75) is 6.42 Å². The van der Waals surface area contributed by atoms with Crippen LogP contribution in [0.25, 0.3) is 16.6 Å². The summed E-state index contributed by atoms with van der Waals surface area (Å²) in [6.45, 7) is 1.69. The van der Waals surface area contributed by atoms with Crippen molar-refractivity contribution >= 4 is 28.5 Å². The van der Waals surface area contributed by atoms with E-state index in [9.17, 15) is 9.59 Å². The van der Waals surface area contributed by atoms with Gasteiger partial charge in [-0.15, -0.1) is 0 Å². The van der Waals surface area contributed by atoms with Crippen molar-refractivity contribution in [2.24, 2.45) is 0 Å². The van der Waals surface area contributed by atoms with Gasteiger partial charge in [-0.05, 0) is 31.2 Å². The minimum absolute atomic E-state index is 0.271. The smallest absolute Gasteiger partial charge is 0.416 e. The molecule has 2 aromatic rings. The first-order valence-corrected chi connectivity index (χ1v) is 6.97. The number of likely N-dealkylation sites (N-methyl/N-ethyl adjacent to an activating group) is 1. The summed E-state index contributed by atoms with van der Waals surface area (Å²) in [7, 11) is 2.04. The molecule has 4 bridgehead atoms. The first-order chi connectivity index (χ1) is 10.6. The largest absolute Gasteiger partial charge is 0.442 e. The fourth-order valence-electron chi connectivity index (χ4n) is 2.66. The monoisotopic (exact) mass is 299 g/mol. The SMILES string of the molecule is CN1CC=C(c2nc3c4cccc3n2OC(=O)C(=O)O4)CC1. The molecule has 2 aliphatic heterocycles. The van der Waals surface area contributed by atoms with E-state index in [4.69, 9.17) is 9.57 Å². The van der Waals surface area contributed by atoms with Crippen LogP contribution in [0.4, 0.5) is 0 Å². The molecule has 7 nitrogen and oxygen atoms in total. The second-order valence-electron chi connectivity index (χ2n) is 5.36. The van der Waals surface area contributed by atoms with Crippen molar-refractivity contribution in [3.05, 3.63) is 30.1 Å². The number of rotatable bonds is 1. The maximum Gasteiger partial charge on any atom is 0.442 e. The molecule has 0 spiro atoms. The van der Waals surface area contributed by atoms with Crippen molar-refractivity contribution in [3.8, 4) is 5.75 Å². The highest BCUT2D eigenvalue weighted by Gasteiger charge is 2.29. The number of hydrogen-bond donors (Lipinski definition) is 0. The van der Waals surface area contributed by atoms with Gasteiger partial charge in [0.25, 0.3) is 0 Å². The molecule has 7 heteroatoms. The Balaban J connectivity index is 1.94. The Bertz CT molecular complexity index is 837. The van der Waals surface area contributed by atoms with Crippen molar-refractivity contribution < 1.29 is 19.2 Å². The normalized spacial score (nSPS) is 18.7. The molecular weight excluding hydrogens is 286 g/mol. The topological polar surface area (TPSA) is 73.7 Å². The zero-order valence-electron chi connectivity index (χ0n) is 11.9. The average molecular weight is 299 g/mol. The fourth-order valence-corrected chi connectivity index (χ4v) is 2.66.